The Morgan fingerprint density at radius 3 is 2.52 bits per heavy atom. The van der Waals surface area contributed by atoms with Crippen molar-refractivity contribution in [1.82, 2.24) is 10.2 Å². The minimum Gasteiger partial charge on any atom is -0.493 e. The molecule has 6 nitrogen and oxygen atoms in total. The predicted octanol–water partition coefficient (Wildman–Crippen LogP) is 4.10. The smallest absolute Gasteiger partial charge is 0.251 e. The molecular weight excluding hydrogens is 415 g/mol. The van der Waals surface area contributed by atoms with E-state index < -0.39 is 0 Å². The van der Waals surface area contributed by atoms with Crippen LogP contribution in [-0.2, 0) is 4.79 Å². The van der Waals surface area contributed by atoms with Crippen LogP contribution in [0.25, 0.3) is 0 Å². The minimum atomic E-state index is -0.376. The fourth-order valence-corrected chi connectivity index (χ4v) is 3.77. The van der Waals surface area contributed by atoms with Gasteiger partial charge in [0, 0.05) is 12.1 Å². The zero-order valence-electron chi connectivity index (χ0n) is 16.2. The Hall–Kier alpha value is -2.44. The third-order valence-corrected chi connectivity index (χ3v) is 5.69. The van der Waals surface area contributed by atoms with Crippen LogP contribution < -0.4 is 14.8 Å². The monoisotopic (exact) mass is 436 g/mol. The number of nitrogens with zero attached hydrogens (tertiary/aromatic N) is 1. The van der Waals surface area contributed by atoms with Gasteiger partial charge in [-0.1, -0.05) is 29.3 Å². The first-order valence-electron chi connectivity index (χ1n) is 9.19. The standard InChI is InChI=1S/C21H22Cl2N2O4/c1-28-18-8-6-13(11-19(18)29-2)17-4-3-9-25(17)20(26)12-24-21(27)14-5-7-15(22)16(23)10-14/h5-8,10-11,17H,3-4,9,12H2,1-2H3,(H,24,27)/t17-/m0/s1. The van der Waals surface area contributed by atoms with Gasteiger partial charge in [0.15, 0.2) is 11.5 Å². The molecule has 8 heteroatoms. The third-order valence-electron chi connectivity index (χ3n) is 4.95. The highest BCUT2D eigenvalue weighted by Gasteiger charge is 2.30. The second-order valence-corrected chi connectivity index (χ2v) is 7.49. The van der Waals surface area contributed by atoms with Crippen molar-refractivity contribution in [2.75, 3.05) is 27.3 Å². The van der Waals surface area contributed by atoms with Gasteiger partial charge in [0.25, 0.3) is 5.91 Å². The summed E-state index contributed by atoms with van der Waals surface area (Å²) in [5, 5.41) is 3.32. The molecule has 0 aromatic heterocycles. The van der Waals surface area contributed by atoms with E-state index in [1.165, 1.54) is 6.07 Å². The van der Waals surface area contributed by atoms with Gasteiger partial charge in [0.1, 0.15) is 0 Å². The summed E-state index contributed by atoms with van der Waals surface area (Å²) in [5.41, 5.74) is 1.33. The molecule has 2 amide bonds. The van der Waals surface area contributed by atoms with Crippen LogP contribution >= 0.6 is 23.2 Å². The van der Waals surface area contributed by atoms with Crippen molar-refractivity contribution in [3.63, 3.8) is 0 Å². The Balaban J connectivity index is 1.67. The molecule has 3 rings (SSSR count). The van der Waals surface area contributed by atoms with Gasteiger partial charge in [0.05, 0.1) is 36.9 Å². The summed E-state index contributed by atoms with van der Waals surface area (Å²) < 4.78 is 10.7. The maximum Gasteiger partial charge on any atom is 0.251 e. The Bertz CT molecular complexity index is 920. The van der Waals surface area contributed by atoms with Crippen LogP contribution in [-0.4, -0.2) is 44.0 Å². The van der Waals surface area contributed by atoms with Crippen LogP contribution in [0.2, 0.25) is 10.0 Å². The van der Waals surface area contributed by atoms with Crippen LogP contribution in [0.3, 0.4) is 0 Å². The van der Waals surface area contributed by atoms with Gasteiger partial charge >= 0.3 is 0 Å². The Morgan fingerprint density at radius 1 is 1.07 bits per heavy atom. The number of benzene rings is 2. The summed E-state index contributed by atoms with van der Waals surface area (Å²) in [6.07, 6.45) is 1.74. The second-order valence-electron chi connectivity index (χ2n) is 6.67. The summed E-state index contributed by atoms with van der Waals surface area (Å²) in [6, 6.07) is 10.2. The molecule has 2 aromatic carbocycles. The van der Waals surface area contributed by atoms with E-state index in [1.807, 2.05) is 18.2 Å². The maximum atomic E-state index is 12.8. The molecule has 0 spiro atoms. The highest BCUT2D eigenvalue weighted by atomic mass is 35.5. The zero-order chi connectivity index (χ0) is 21.0. The number of ether oxygens (including phenoxy) is 2. The number of hydrogen-bond acceptors (Lipinski definition) is 4. The van der Waals surface area contributed by atoms with Gasteiger partial charge in [-0.25, -0.2) is 0 Å². The topological polar surface area (TPSA) is 67.9 Å². The molecule has 1 atom stereocenters. The van der Waals surface area contributed by atoms with E-state index in [2.05, 4.69) is 5.32 Å². The molecule has 0 aliphatic carbocycles. The average Bonchev–Trinajstić information content (AvgIpc) is 3.23. The van der Waals surface area contributed by atoms with Crippen molar-refractivity contribution in [2.24, 2.45) is 0 Å². The van der Waals surface area contributed by atoms with E-state index >= 15 is 0 Å². The summed E-state index contributed by atoms with van der Waals surface area (Å²) in [5.74, 6) is 0.743. The highest BCUT2D eigenvalue weighted by molar-refractivity contribution is 6.42. The Morgan fingerprint density at radius 2 is 1.83 bits per heavy atom. The van der Waals surface area contributed by atoms with Crippen molar-refractivity contribution < 1.29 is 19.1 Å². The third kappa shape index (κ3) is 4.77. The van der Waals surface area contributed by atoms with E-state index in [0.717, 1.165) is 18.4 Å². The number of amides is 2. The molecule has 1 aliphatic heterocycles. The molecule has 0 saturated carbocycles. The van der Waals surface area contributed by atoms with Gasteiger partial charge in [-0.15, -0.1) is 0 Å². The van der Waals surface area contributed by atoms with E-state index in [1.54, 1.807) is 31.3 Å². The number of carbonyl (C=O) groups excluding carboxylic acids is 2. The van der Waals surface area contributed by atoms with Gasteiger partial charge in [-0.2, -0.15) is 0 Å². The van der Waals surface area contributed by atoms with Crippen molar-refractivity contribution >= 4 is 35.0 Å². The molecule has 0 radical (unpaired) electrons. The van der Waals surface area contributed by atoms with Crippen LogP contribution in [0.5, 0.6) is 11.5 Å². The molecule has 1 N–H and O–H groups in total. The average molecular weight is 437 g/mol. The first-order valence-corrected chi connectivity index (χ1v) is 9.95. The minimum absolute atomic E-state index is 0.0656. The lowest BCUT2D eigenvalue weighted by molar-refractivity contribution is -0.131. The van der Waals surface area contributed by atoms with Gasteiger partial charge < -0.3 is 19.7 Å². The maximum absolute atomic E-state index is 12.8. The van der Waals surface area contributed by atoms with E-state index in [4.69, 9.17) is 32.7 Å². The first-order chi connectivity index (χ1) is 13.9. The summed E-state index contributed by atoms with van der Waals surface area (Å²) in [6.45, 7) is 0.545. The molecule has 0 unspecified atom stereocenters. The summed E-state index contributed by atoms with van der Waals surface area (Å²) in [7, 11) is 3.16. The molecule has 1 saturated heterocycles. The number of halogens is 2. The lowest BCUT2D eigenvalue weighted by Crippen LogP contribution is -2.39. The quantitative estimate of drug-likeness (QED) is 0.739. The second kappa shape index (κ2) is 9.37. The Kier molecular flexibility index (Phi) is 6.87. The van der Waals surface area contributed by atoms with Gasteiger partial charge in [-0.3, -0.25) is 9.59 Å². The number of methoxy groups -OCH3 is 2. The number of rotatable bonds is 6. The van der Waals surface area contributed by atoms with Crippen LogP contribution in [0.15, 0.2) is 36.4 Å². The predicted molar refractivity (Wildman–Crippen MR) is 112 cm³/mol. The van der Waals surface area contributed by atoms with Crippen LogP contribution in [0.4, 0.5) is 0 Å². The molecule has 29 heavy (non-hydrogen) atoms. The first kappa shape index (κ1) is 21.3. The summed E-state index contributed by atoms with van der Waals surface area (Å²) >= 11 is 11.8. The van der Waals surface area contributed by atoms with Gasteiger partial charge in [0.2, 0.25) is 5.91 Å². The fraction of sp³-hybridized carbons (Fsp3) is 0.333. The molecule has 154 valence electrons. The fourth-order valence-electron chi connectivity index (χ4n) is 3.47. The van der Waals surface area contributed by atoms with Crippen LogP contribution in [0.1, 0.15) is 34.8 Å². The van der Waals surface area contributed by atoms with E-state index in [-0.39, 0.29) is 24.4 Å². The normalized spacial score (nSPS) is 15.9. The number of nitrogens with one attached hydrogen (secondary N) is 1. The molecule has 1 heterocycles. The Labute approximate surface area is 179 Å². The number of hydrogen-bond donors (Lipinski definition) is 1. The van der Waals surface area contributed by atoms with E-state index in [9.17, 15) is 9.59 Å². The highest BCUT2D eigenvalue weighted by Crippen LogP contribution is 2.36. The van der Waals surface area contributed by atoms with E-state index in [0.29, 0.717) is 33.7 Å². The molecule has 1 aliphatic rings. The van der Waals surface area contributed by atoms with Crippen LogP contribution in [0, 0.1) is 0 Å². The number of likely N-dealkylation sites (tertiary alicyclic amines) is 1. The summed E-state index contributed by atoms with van der Waals surface area (Å²) in [4.78, 5) is 26.9. The zero-order valence-corrected chi connectivity index (χ0v) is 17.7. The molecule has 0 bridgehead atoms. The SMILES string of the molecule is COc1ccc([C@@H]2CCCN2C(=O)CNC(=O)c2ccc(Cl)c(Cl)c2)cc1OC. The molecule has 2 aromatic rings. The van der Waals surface area contributed by atoms with Crippen molar-refractivity contribution in [2.45, 2.75) is 18.9 Å². The van der Waals surface area contributed by atoms with Gasteiger partial charge in [-0.05, 0) is 48.7 Å². The van der Waals surface area contributed by atoms with Crippen molar-refractivity contribution in [1.29, 1.82) is 0 Å². The van der Waals surface area contributed by atoms with Crippen molar-refractivity contribution in [3.05, 3.63) is 57.6 Å². The largest absolute Gasteiger partial charge is 0.493 e. The molecule has 1 fully saturated rings. The lowest BCUT2D eigenvalue weighted by atomic mass is 10.0. The van der Waals surface area contributed by atoms with Crippen molar-refractivity contribution in [3.8, 4) is 11.5 Å². The molecular formula is C21H22Cl2N2O4. The number of carbonyl (C=O) groups is 2. The lowest BCUT2D eigenvalue weighted by Gasteiger charge is -2.26.